The molecular weight excluding hydrogens is 190 g/mol. The largest absolute Gasteiger partial charge is 0.356 e. The number of pyridine rings is 1. The number of amides is 1. The highest BCUT2D eigenvalue weighted by molar-refractivity contribution is 6.02. The molecule has 78 valence electrons. The van der Waals surface area contributed by atoms with Crippen LogP contribution in [0.3, 0.4) is 0 Å². The Morgan fingerprint density at radius 2 is 2.27 bits per heavy atom. The minimum atomic E-state index is -0.0762. The van der Waals surface area contributed by atoms with Gasteiger partial charge < -0.3 is 10.6 Å². The first-order chi connectivity index (χ1) is 7.24. The van der Waals surface area contributed by atoms with Crippen LogP contribution in [-0.4, -0.2) is 16.9 Å². The smallest absolute Gasteiger partial charge is 0.247 e. The molecule has 1 unspecified atom stereocenters. The Labute approximate surface area is 88.1 Å². The lowest BCUT2D eigenvalue weighted by atomic mass is 10.1. The van der Waals surface area contributed by atoms with Crippen LogP contribution in [0.5, 0.6) is 0 Å². The van der Waals surface area contributed by atoms with Crippen LogP contribution in [0.15, 0.2) is 12.3 Å². The average molecular weight is 203 g/mol. The molecule has 0 bridgehead atoms. The van der Waals surface area contributed by atoms with E-state index in [0.29, 0.717) is 5.92 Å². The number of fused-ring (bicyclic) bond motifs is 1. The number of rotatable bonds is 1. The molecule has 0 saturated heterocycles. The Morgan fingerprint density at radius 3 is 3.00 bits per heavy atom. The standard InChI is InChI=1S/C11H13N3O/c1-6-4-8-10(12-5-6)14-9(7-2-3-7)11(15)13-8/h4-5,7,9H,2-3H2,1H3,(H,12,14)(H,13,15). The van der Waals surface area contributed by atoms with E-state index in [1.165, 1.54) is 0 Å². The third kappa shape index (κ3) is 1.46. The monoisotopic (exact) mass is 203 g/mol. The molecule has 4 heteroatoms. The third-order valence-corrected chi connectivity index (χ3v) is 2.95. The highest BCUT2D eigenvalue weighted by Gasteiger charge is 2.39. The first-order valence-corrected chi connectivity index (χ1v) is 5.28. The molecular formula is C11H13N3O. The summed E-state index contributed by atoms with van der Waals surface area (Å²) in [5.74, 6) is 1.38. The van der Waals surface area contributed by atoms with Crippen LogP contribution in [-0.2, 0) is 4.79 Å². The van der Waals surface area contributed by atoms with Crippen molar-refractivity contribution in [2.45, 2.75) is 25.8 Å². The summed E-state index contributed by atoms with van der Waals surface area (Å²) < 4.78 is 0. The molecule has 1 saturated carbocycles. The molecule has 0 spiro atoms. The van der Waals surface area contributed by atoms with Crippen LogP contribution in [0.2, 0.25) is 0 Å². The zero-order valence-electron chi connectivity index (χ0n) is 8.58. The van der Waals surface area contributed by atoms with E-state index in [9.17, 15) is 4.79 Å². The molecule has 0 radical (unpaired) electrons. The van der Waals surface area contributed by atoms with Gasteiger partial charge >= 0.3 is 0 Å². The number of anilines is 2. The number of hydrogen-bond donors (Lipinski definition) is 2. The lowest BCUT2D eigenvalue weighted by Crippen LogP contribution is -2.40. The van der Waals surface area contributed by atoms with E-state index in [1.807, 2.05) is 19.2 Å². The van der Waals surface area contributed by atoms with Gasteiger partial charge in [0.25, 0.3) is 0 Å². The summed E-state index contributed by atoms with van der Waals surface area (Å²) in [5.41, 5.74) is 1.86. The molecule has 1 aliphatic carbocycles. The number of carbonyl (C=O) groups is 1. The third-order valence-electron chi connectivity index (χ3n) is 2.95. The number of aromatic nitrogens is 1. The second-order valence-electron chi connectivity index (χ2n) is 4.36. The molecule has 1 amide bonds. The van der Waals surface area contributed by atoms with Crippen LogP contribution >= 0.6 is 0 Å². The average Bonchev–Trinajstić information content (AvgIpc) is 3.00. The summed E-state index contributed by atoms with van der Waals surface area (Å²) in [4.78, 5) is 16.0. The predicted octanol–water partition coefficient (Wildman–Crippen LogP) is 1.53. The van der Waals surface area contributed by atoms with Gasteiger partial charge in [-0.3, -0.25) is 4.79 Å². The summed E-state index contributed by atoms with van der Waals surface area (Å²) in [6, 6.07) is 1.86. The molecule has 1 fully saturated rings. The SMILES string of the molecule is Cc1cnc2c(c1)NC(=O)C(C1CC1)N2. The lowest BCUT2D eigenvalue weighted by Gasteiger charge is -2.25. The molecule has 1 aromatic heterocycles. The van der Waals surface area contributed by atoms with Crippen molar-refractivity contribution in [3.05, 3.63) is 17.8 Å². The zero-order chi connectivity index (χ0) is 10.4. The second-order valence-corrected chi connectivity index (χ2v) is 4.36. The van der Waals surface area contributed by atoms with Gasteiger partial charge in [0.1, 0.15) is 11.9 Å². The van der Waals surface area contributed by atoms with Crippen LogP contribution < -0.4 is 10.6 Å². The van der Waals surface area contributed by atoms with Crippen molar-refractivity contribution in [1.82, 2.24) is 4.98 Å². The highest BCUT2D eigenvalue weighted by atomic mass is 16.2. The molecule has 1 aliphatic heterocycles. The number of nitrogens with one attached hydrogen (secondary N) is 2. The van der Waals surface area contributed by atoms with Crippen molar-refractivity contribution in [3.63, 3.8) is 0 Å². The van der Waals surface area contributed by atoms with Gasteiger partial charge in [0.2, 0.25) is 5.91 Å². The molecule has 1 aromatic rings. The fraction of sp³-hybridized carbons (Fsp3) is 0.455. The summed E-state index contributed by atoms with van der Waals surface area (Å²) in [6.45, 7) is 1.96. The molecule has 0 aromatic carbocycles. The minimum absolute atomic E-state index is 0.0762. The van der Waals surface area contributed by atoms with E-state index in [0.717, 1.165) is 29.9 Å². The van der Waals surface area contributed by atoms with E-state index in [1.54, 1.807) is 0 Å². The van der Waals surface area contributed by atoms with Gasteiger partial charge in [-0.15, -0.1) is 0 Å². The topological polar surface area (TPSA) is 54.0 Å². The van der Waals surface area contributed by atoms with Crippen molar-refractivity contribution in [2.24, 2.45) is 5.92 Å². The molecule has 2 aliphatic rings. The highest BCUT2D eigenvalue weighted by Crippen LogP contribution is 2.37. The summed E-state index contributed by atoms with van der Waals surface area (Å²) in [7, 11) is 0. The fourth-order valence-corrected chi connectivity index (χ4v) is 1.96. The molecule has 2 N–H and O–H groups in total. The van der Waals surface area contributed by atoms with Gasteiger partial charge in [-0.05, 0) is 37.3 Å². The van der Waals surface area contributed by atoms with Crippen LogP contribution in [0.4, 0.5) is 11.5 Å². The Hall–Kier alpha value is -1.58. The maximum absolute atomic E-state index is 11.7. The maximum atomic E-state index is 11.7. The van der Waals surface area contributed by atoms with Gasteiger partial charge in [0.15, 0.2) is 0 Å². The van der Waals surface area contributed by atoms with E-state index < -0.39 is 0 Å². The first kappa shape index (κ1) is 8.71. The molecule has 3 rings (SSSR count). The van der Waals surface area contributed by atoms with E-state index in [2.05, 4.69) is 15.6 Å². The van der Waals surface area contributed by atoms with Crippen molar-refractivity contribution in [2.75, 3.05) is 10.6 Å². The van der Waals surface area contributed by atoms with Crippen molar-refractivity contribution in [1.29, 1.82) is 0 Å². The number of nitrogens with zero attached hydrogens (tertiary/aromatic N) is 1. The van der Waals surface area contributed by atoms with Gasteiger partial charge in [-0.1, -0.05) is 0 Å². The van der Waals surface area contributed by atoms with Crippen molar-refractivity contribution >= 4 is 17.4 Å². The van der Waals surface area contributed by atoms with Gasteiger partial charge in [0, 0.05) is 6.20 Å². The molecule has 4 nitrogen and oxygen atoms in total. The van der Waals surface area contributed by atoms with Crippen molar-refractivity contribution in [3.8, 4) is 0 Å². The molecule has 2 heterocycles. The number of carbonyl (C=O) groups excluding carboxylic acids is 1. The Balaban J connectivity index is 1.94. The molecule has 1 atom stereocenters. The van der Waals surface area contributed by atoms with Gasteiger partial charge in [-0.2, -0.15) is 0 Å². The Bertz CT molecular complexity index is 426. The summed E-state index contributed by atoms with van der Waals surface area (Å²) >= 11 is 0. The van der Waals surface area contributed by atoms with E-state index in [4.69, 9.17) is 0 Å². The minimum Gasteiger partial charge on any atom is -0.356 e. The van der Waals surface area contributed by atoms with Gasteiger partial charge in [0.05, 0.1) is 5.69 Å². The zero-order valence-corrected chi connectivity index (χ0v) is 8.58. The van der Waals surface area contributed by atoms with E-state index in [-0.39, 0.29) is 11.9 Å². The Kier molecular flexibility index (Phi) is 1.71. The number of hydrogen-bond acceptors (Lipinski definition) is 3. The molecule has 15 heavy (non-hydrogen) atoms. The fourth-order valence-electron chi connectivity index (χ4n) is 1.96. The number of aryl methyl sites for hydroxylation is 1. The van der Waals surface area contributed by atoms with E-state index >= 15 is 0 Å². The summed E-state index contributed by atoms with van der Waals surface area (Å²) in [6.07, 6.45) is 4.10. The van der Waals surface area contributed by atoms with Crippen LogP contribution in [0.25, 0.3) is 0 Å². The van der Waals surface area contributed by atoms with Crippen molar-refractivity contribution < 1.29 is 4.79 Å². The maximum Gasteiger partial charge on any atom is 0.247 e. The van der Waals surface area contributed by atoms with Crippen LogP contribution in [0, 0.1) is 12.8 Å². The normalized spacial score (nSPS) is 24.1. The quantitative estimate of drug-likeness (QED) is 0.727. The predicted molar refractivity (Wildman–Crippen MR) is 57.7 cm³/mol. The summed E-state index contributed by atoms with van der Waals surface area (Å²) in [5, 5.41) is 6.12. The van der Waals surface area contributed by atoms with Gasteiger partial charge in [-0.25, -0.2) is 4.98 Å². The van der Waals surface area contributed by atoms with Crippen LogP contribution in [0.1, 0.15) is 18.4 Å². The lowest BCUT2D eigenvalue weighted by molar-refractivity contribution is -0.117. The Morgan fingerprint density at radius 1 is 1.47 bits per heavy atom. The first-order valence-electron chi connectivity index (χ1n) is 5.28. The second kappa shape index (κ2) is 2.95.